The number of rotatable bonds is 9. The summed E-state index contributed by atoms with van der Waals surface area (Å²) >= 11 is 1.61. The number of fused-ring (bicyclic) bond motifs is 1. The Morgan fingerprint density at radius 1 is 1.11 bits per heavy atom. The van der Waals surface area contributed by atoms with Gasteiger partial charge in [0.25, 0.3) is 5.91 Å². The van der Waals surface area contributed by atoms with Crippen LogP contribution >= 0.6 is 11.3 Å². The second-order valence-corrected chi connectivity index (χ2v) is 13.6. The van der Waals surface area contributed by atoms with E-state index in [2.05, 4.69) is 64.0 Å². The molecule has 1 amide bonds. The summed E-state index contributed by atoms with van der Waals surface area (Å²) < 4.78 is 0. The molecule has 238 valence electrons. The Balaban J connectivity index is 0.878. The molecule has 5 aromatic rings. The Morgan fingerprint density at radius 3 is 2.79 bits per heavy atom. The van der Waals surface area contributed by atoms with Gasteiger partial charge in [0, 0.05) is 91.5 Å². The minimum absolute atomic E-state index is 0.246. The lowest BCUT2D eigenvalue weighted by Crippen LogP contribution is -2.45. The van der Waals surface area contributed by atoms with Crippen LogP contribution in [-0.2, 0) is 4.79 Å². The normalized spacial score (nSPS) is 20.0. The number of pyridine rings is 1. The summed E-state index contributed by atoms with van der Waals surface area (Å²) in [6, 6.07) is 11.5. The van der Waals surface area contributed by atoms with Gasteiger partial charge in [0.15, 0.2) is 11.4 Å². The number of carbonyl (C=O) groups excluding carboxylic acids is 1. The smallest absolute Gasteiger partial charge is 0.257 e. The summed E-state index contributed by atoms with van der Waals surface area (Å²) in [5.41, 5.74) is 5.13. The number of hydrogen-bond acceptors (Lipinski definition) is 10. The molecule has 3 N–H and O–H groups in total. The van der Waals surface area contributed by atoms with Crippen molar-refractivity contribution >= 4 is 39.4 Å². The number of benzene rings is 1. The van der Waals surface area contributed by atoms with Gasteiger partial charge in [-0.1, -0.05) is 12.7 Å². The number of anilines is 1. The Labute approximate surface area is 276 Å². The first-order chi connectivity index (χ1) is 22.9. The van der Waals surface area contributed by atoms with Crippen molar-refractivity contribution < 1.29 is 9.90 Å². The van der Waals surface area contributed by atoms with Crippen molar-refractivity contribution in [3.63, 3.8) is 0 Å². The first kappa shape index (κ1) is 29.6. The summed E-state index contributed by atoms with van der Waals surface area (Å²) in [5, 5.41) is 23.9. The van der Waals surface area contributed by atoms with E-state index in [-0.39, 0.29) is 6.54 Å². The second kappa shape index (κ2) is 12.1. The van der Waals surface area contributed by atoms with Crippen molar-refractivity contribution in [1.29, 1.82) is 0 Å². The number of amides is 1. The maximum Gasteiger partial charge on any atom is 0.257 e. The molecule has 4 aromatic heterocycles. The van der Waals surface area contributed by atoms with Crippen LogP contribution in [0.1, 0.15) is 42.3 Å². The van der Waals surface area contributed by atoms with Gasteiger partial charge in [-0.05, 0) is 67.7 Å². The first-order valence-corrected chi connectivity index (χ1v) is 16.8. The number of H-pyrrole nitrogens is 1. The predicted molar refractivity (Wildman–Crippen MR) is 182 cm³/mol. The molecule has 0 spiro atoms. The van der Waals surface area contributed by atoms with Gasteiger partial charge < -0.3 is 15.3 Å². The molecule has 1 saturated carbocycles. The summed E-state index contributed by atoms with van der Waals surface area (Å²) in [6.07, 6.45) is 12.9. The highest BCUT2D eigenvalue weighted by molar-refractivity contribution is 7.16. The lowest BCUT2D eigenvalue weighted by Gasteiger charge is -2.32. The molecule has 6 heterocycles. The third kappa shape index (κ3) is 6.07. The molecule has 12 heteroatoms. The molecule has 8 rings (SSSR count). The summed E-state index contributed by atoms with van der Waals surface area (Å²) in [6.45, 7) is 7.37. The molecule has 2 fully saturated rings. The monoisotopic (exact) mass is 645 g/mol. The van der Waals surface area contributed by atoms with E-state index in [0.717, 1.165) is 62.9 Å². The molecule has 1 unspecified atom stereocenters. The number of aromatic amines is 1. The lowest BCUT2D eigenvalue weighted by molar-refractivity contribution is -0.132. The standard InChI is InChI=1S/C35H35N9O2S/c1-22(44-14-8-24(9-15-44)33-39-19-30(47-33)32-37-11-2-12-38-32)20-43-16-10-35(46,21-43)34(45)40-26-5-6-28-27(18-26)31(42-41-28)25-7-13-36-29(17-25)23-3-4-23/h2,5-8,11-13,17-19,23,46H,1,3-4,9-10,14-16,20-21H2,(H,40,45)(H,41,42). The van der Waals surface area contributed by atoms with Crippen LogP contribution in [0.2, 0.25) is 0 Å². The van der Waals surface area contributed by atoms with Gasteiger partial charge in [0.2, 0.25) is 0 Å². The van der Waals surface area contributed by atoms with Gasteiger partial charge in [-0.25, -0.2) is 15.0 Å². The van der Waals surface area contributed by atoms with Crippen LogP contribution in [0.5, 0.6) is 0 Å². The number of thiazole rings is 1. The Kier molecular flexibility index (Phi) is 7.63. The summed E-state index contributed by atoms with van der Waals surface area (Å²) in [7, 11) is 0. The quantitative estimate of drug-likeness (QED) is 0.200. The van der Waals surface area contributed by atoms with Crippen LogP contribution in [0.15, 0.2) is 79.5 Å². The van der Waals surface area contributed by atoms with Gasteiger partial charge in [0.1, 0.15) is 10.7 Å². The van der Waals surface area contributed by atoms with E-state index < -0.39 is 11.5 Å². The Morgan fingerprint density at radius 2 is 1.98 bits per heavy atom. The SMILES string of the molecule is C=C(CN1CCC(O)(C(=O)Nc2ccc3[nH]nc(-c4ccnc(C5CC5)c4)c3c2)C1)N1CC=C(c2ncc(-c3ncccn3)s2)CC1. The van der Waals surface area contributed by atoms with E-state index in [1.54, 1.807) is 29.8 Å². The molecule has 1 atom stereocenters. The number of nitrogens with zero attached hydrogens (tertiary/aromatic N) is 7. The predicted octanol–water partition coefficient (Wildman–Crippen LogP) is 5.09. The van der Waals surface area contributed by atoms with Crippen molar-refractivity contribution in [3.05, 3.63) is 90.2 Å². The van der Waals surface area contributed by atoms with Gasteiger partial charge in [0.05, 0.1) is 10.4 Å². The van der Waals surface area contributed by atoms with E-state index in [9.17, 15) is 9.90 Å². The molecular formula is C35H35N9O2S. The van der Waals surface area contributed by atoms with E-state index in [1.807, 2.05) is 36.7 Å². The van der Waals surface area contributed by atoms with E-state index >= 15 is 0 Å². The molecule has 1 aromatic carbocycles. The molecule has 0 radical (unpaired) electrons. The minimum atomic E-state index is -1.49. The first-order valence-electron chi connectivity index (χ1n) is 16.0. The second-order valence-electron chi connectivity index (χ2n) is 12.6. The van der Waals surface area contributed by atoms with Gasteiger partial charge in [-0.3, -0.25) is 19.8 Å². The maximum absolute atomic E-state index is 13.4. The molecule has 1 aliphatic carbocycles. The van der Waals surface area contributed by atoms with Crippen LogP contribution < -0.4 is 5.32 Å². The maximum atomic E-state index is 13.4. The molecular weight excluding hydrogens is 611 g/mol. The number of carbonyl (C=O) groups is 1. The van der Waals surface area contributed by atoms with Crippen molar-refractivity contribution in [3.8, 4) is 22.0 Å². The third-order valence-corrected chi connectivity index (χ3v) is 10.3. The molecule has 47 heavy (non-hydrogen) atoms. The van der Waals surface area contributed by atoms with Crippen molar-refractivity contribution in [2.45, 2.75) is 37.2 Å². The van der Waals surface area contributed by atoms with E-state index in [1.165, 1.54) is 18.4 Å². The highest BCUT2D eigenvalue weighted by atomic mass is 32.1. The van der Waals surface area contributed by atoms with Gasteiger partial charge >= 0.3 is 0 Å². The van der Waals surface area contributed by atoms with Crippen molar-refractivity contribution in [1.82, 2.24) is 39.9 Å². The van der Waals surface area contributed by atoms with E-state index in [0.29, 0.717) is 36.9 Å². The number of β-amino-alcohol motifs (C(OH)–C–C–N with tert-alkyl or cyclic N) is 1. The molecule has 3 aliphatic rings. The van der Waals surface area contributed by atoms with Crippen molar-refractivity contribution in [2.24, 2.45) is 0 Å². The Hall–Kier alpha value is -4.78. The lowest BCUT2D eigenvalue weighted by atomic mass is 10.0. The van der Waals surface area contributed by atoms with Crippen LogP contribution in [0, 0.1) is 0 Å². The van der Waals surface area contributed by atoms with Gasteiger partial charge in [-0.2, -0.15) is 5.10 Å². The summed E-state index contributed by atoms with van der Waals surface area (Å²) in [4.78, 5) is 36.5. The van der Waals surface area contributed by atoms with E-state index in [4.69, 9.17) is 0 Å². The minimum Gasteiger partial charge on any atom is -0.379 e. The average molecular weight is 646 g/mol. The van der Waals surface area contributed by atoms with Gasteiger partial charge in [-0.15, -0.1) is 11.3 Å². The zero-order chi connectivity index (χ0) is 32.0. The average Bonchev–Trinajstić information content (AvgIpc) is 3.49. The fraction of sp³-hybridized carbons (Fsp3) is 0.314. The van der Waals surface area contributed by atoms with Crippen LogP contribution in [0.25, 0.3) is 38.4 Å². The Bertz CT molecular complexity index is 2000. The number of nitrogens with one attached hydrogen (secondary N) is 2. The number of hydrogen-bond donors (Lipinski definition) is 3. The number of aromatic nitrogens is 6. The fourth-order valence-corrected chi connectivity index (χ4v) is 7.34. The number of aliphatic hydroxyl groups is 1. The molecule has 1 saturated heterocycles. The third-order valence-electron chi connectivity index (χ3n) is 9.25. The number of likely N-dealkylation sites (tertiary alicyclic amines) is 1. The molecule has 11 nitrogen and oxygen atoms in total. The highest BCUT2D eigenvalue weighted by Crippen LogP contribution is 2.40. The van der Waals surface area contributed by atoms with Crippen molar-refractivity contribution in [2.75, 3.05) is 38.0 Å². The largest absolute Gasteiger partial charge is 0.379 e. The molecule has 0 bridgehead atoms. The fourth-order valence-electron chi connectivity index (χ4n) is 6.41. The highest BCUT2D eigenvalue weighted by Gasteiger charge is 2.43. The molecule has 2 aliphatic heterocycles. The van der Waals surface area contributed by atoms with Crippen LogP contribution in [-0.4, -0.2) is 89.3 Å². The zero-order valence-corrected chi connectivity index (χ0v) is 26.7. The van der Waals surface area contributed by atoms with Crippen LogP contribution in [0.3, 0.4) is 0 Å². The summed E-state index contributed by atoms with van der Waals surface area (Å²) in [5.74, 6) is 0.838. The van der Waals surface area contributed by atoms with Crippen LogP contribution in [0.4, 0.5) is 5.69 Å². The topological polar surface area (TPSA) is 136 Å². The zero-order valence-electron chi connectivity index (χ0n) is 25.9.